The van der Waals surface area contributed by atoms with E-state index in [1.807, 2.05) is 39.0 Å². The molecule has 0 fully saturated rings. The number of carboxylic acid groups (broad SMARTS) is 1. The van der Waals surface area contributed by atoms with E-state index >= 15 is 0 Å². The van der Waals surface area contributed by atoms with Gasteiger partial charge in [-0.3, -0.25) is 0 Å². The number of hydrogen-bond acceptors (Lipinski definition) is 3. The van der Waals surface area contributed by atoms with Crippen LogP contribution in [0.2, 0.25) is 0 Å². The summed E-state index contributed by atoms with van der Waals surface area (Å²) in [6.45, 7) is 5.85. The van der Waals surface area contributed by atoms with Crippen LogP contribution in [0.25, 0.3) is 10.4 Å². The molecule has 0 radical (unpaired) electrons. The molecule has 1 aromatic carbocycles. The fourth-order valence-corrected chi connectivity index (χ4v) is 2.74. The third kappa shape index (κ3) is 2.08. The first kappa shape index (κ1) is 11.8. The van der Waals surface area contributed by atoms with Gasteiger partial charge in [0.1, 0.15) is 0 Å². The van der Waals surface area contributed by atoms with Crippen LogP contribution in [0.15, 0.2) is 18.2 Å². The van der Waals surface area contributed by atoms with Gasteiger partial charge in [-0.15, -0.1) is 11.3 Å². The predicted octanol–water partition coefficient (Wildman–Crippen LogP) is 3.43. The SMILES string of the molecule is Cc1nc(C(=O)O)c(-c2cccc(C)c2C)s1. The summed E-state index contributed by atoms with van der Waals surface area (Å²) in [7, 11) is 0. The minimum atomic E-state index is -0.967. The Kier molecular flexibility index (Phi) is 2.98. The van der Waals surface area contributed by atoms with Crippen LogP contribution >= 0.6 is 11.3 Å². The van der Waals surface area contributed by atoms with Crippen molar-refractivity contribution in [3.63, 3.8) is 0 Å². The lowest BCUT2D eigenvalue weighted by molar-refractivity contribution is 0.0692. The van der Waals surface area contributed by atoms with Gasteiger partial charge in [0.2, 0.25) is 0 Å². The van der Waals surface area contributed by atoms with Gasteiger partial charge in [-0.05, 0) is 37.5 Å². The normalized spacial score (nSPS) is 10.5. The van der Waals surface area contributed by atoms with Gasteiger partial charge in [-0.25, -0.2) is 9.78 Å². The highest BCUT2D eigenvalue weighted by Crippen LogP contribution is 2.33. The van der Waals surface area contributed by atoms with Gasteiger partial charge < -0.3 is 5.11 Å². The minimum Gasteiger partial charge on any atom is -0.476 e. The molecule has 0 saturated carbocycles. The van der Waals surface area contributed by atoms with Crippen molar-refractivity contribution in [3.8, 4) is 10.4 Å². The summed E-state index contributed by atoms with van der Waals surface area (Å²) in [4.78, 5) is 16.0. The second-order valence-corrected chi connectivity index (χ2v) is 5.17. The van der Waals surface area contributed by atoms with Gasteiger partial charge in [-0.1, -0.05) is 18.2 Å². The third-order valence-corrected chi connectivity index (χ3v) is 3.79. The zero-order chi connectivity index (χ0) is 12.6. The largest absolute Gasteiger partial charge is 0.476 e. The molecule has 4 heteroatoms. The maximum Gasteiger partial charge on any atom is 0.356 e. The van der Waals surface area contributed by atoms with E-state index in [0.717, 1.165) is 26.6 Å². The zero-order valence-electron chi connectivity index (χ0n) is 9.94. The fraction of sp³-hybridized carbons (Fsp3) is 0.231. The molecule has 0 aliphatic heterocycles. The summed E-state index contributed by atoms with van der Waals surface area (Å²) in [5, 5.41) is 9.92. The van der Waals surface area contributed by atoms with Gasteiger partial charge >= 0.3 is 5.97 Å². The van der Waals surface area contributed by atoms with Crippen LogP contribution in [-0.4, -0.2) is 16.1 Å². The number of aromatic carboxylic acids is 1. The lowest BCUT2D eigenvalue weighted by atomic mass is 10.0. The molecule has 2 rings (SSSR count). The summed E-state index contributed by atoms with van der Waals surface area (Å²) in [6, 6.07) is 5.91. The van der Waals surface area contributed by atoms with Crippen molar-refractivity contribution in [1.82, 2.24) is 4.98 Å². The number of nitrogens with zero attached hydrogens (tertiary/aromatic N) is 1. The second-order valence-electron chi connectivity index (χ2n) is 3.96. The molecule has 0 bridgehead atoms. The summed E-state index contributed by atoms with van der Waals surface area (Å²) in [6.07, 6.45) is 0. The van der Waals surface area contributed by atoms with Gasteiger partial charge in [0, 0.05) is 0 Å². The number of hydrogen-bond donors (Lipinski definition) is 1. The third-order valence-electron chi connectivity index (χ3n) is 2.79. The average Bonchev–Trinajstić information content (AvgIpc) is 2.64. The van der Waals surface area contributed by atoms with E-state index in [1.54, 1.807) is 0 Å². The molecule has 2 aromatic rings. The quantitative estimate of drug-likeness (QED) is 0.884. The number of rotatable bonds is 2. The average molecular weight is 247 g/mol. The van der Waals surface area contributed by atoms with E-state index in [-0.39, 0.29) is 5.69 Å². The molecule has 1 heterocycles. The van der Waals surface area contributed by atoms with Crippen molar-refractivity contribution in [3.05, 3.63) is 40.0 Å². The molecule has 0 aliphatic carbocycles. The van der Waals surface area contributed by atoms with E-state index in [4.69, 9.17) is 5.11 Å². The summed E-state index contributed by atoms with van der Waals surface area (Å²) in [5.41, 5.74) is 3.39. The molecule has 0 saturated heterocycles. The van der Waals surface area contributed by atoms with E-state index < -0.39 is 5.97 Å². The van der Waals surface area contributed by atoms with Crippen LogP contribution < -0.4 is 0 Å². The highest BCUT2D eigenvalue weighted by atomic mass is 32.1. The zero-order valence-corrected chi connectivity index (χ0v) is 10.8. The molecular weight excluding hydrogens is 234 g/mol. The standard InChI is InChI=1S/C13H13NO2S/c1-7-5-4-6-10(8(7)2)12-11(13(15)16)14-9(3)17-12/h4-6H,1-3H3,(H,15,16). The van der Waals surface area contributed by atoms with Gasteiger partial charge in [0.25, 0.3) is 0 Å². The molecule has 88 valence electrons. The lowest BCUT2D eigenvalue weighted by Crippen LogP contribution is -1.99. The number of benzene rings is 1. The summed E-state index contributed by atoms with van der Waals surface area (Å²) < 4.78 is 0. The Labute approximate surface area is 104 Å². The fourth-order valence-electron chi connectivity index (χ4n) is 1.75. The van der Waals surface area contributed by atoms with Gasteiger partial charge in [-0.2, -0.15) is 0 Å². The van der Waals surface area contributed by atoms with E-state index in [0.29, 0.717) is 0 Å². The van der Waals surface area contributed by atoms with Gasteiger partial charge in [0.15, 0.2) is 5.69 Å². The first-order chi connectivity index (χ1) is 8.00. The number of carboxylic acids is 1. The van der Waals surface area contributed by atoms with E-state index in [9.17, 15) is 4.79 Å². The number of aryl methyl sites for hydroxylation is 2. The topological polar surface area (TPSA) is 50.2 Å². The van der Waals surface area contributed by atoms with Crippen molar-refractivity contribution in [2.24, 2.45) is 0 Å². The van der Waals surface area contributed by atoms with Crippen LogP contribution in [0.5, 0.6) is 0 Å². The molecule has 0 spiro atoms. The Hall–Kier alpha value is -1.68. The van der Waals surface area contributed by atoms with Crippen molar-refractivity contribution >= 4 is 17.3 Å². The first-order valence-corrected chi connectivity index (χ1v) is 6.09. The molecule has 0 amide bonds. The Morgan fingerprint density at radius 3 is 2.65 bits per heavy atom. The van der Waals surface area contributed by atoms with Crippen LogP contribution in [0.4, 0.5) is 0 Å². The molecule has 17 heavy (non-hydrogen) atoms. The Balaban J connectivity index is 2.68. The maximum absolute atomic E-state index is 11.1. The number of carbonyl (C=O) groups is 1. The van der Waals surface area contributed by atoms with Crippen LogP contribution in [0, 0.1) is 20.8 Å². The first-order valence-electron chi connectivity index (χ1n) is 5.28. The van der Waals surface area contributed by atoms with Gasteiger partial charge in [0.05, 0.1) is 9.88 Å². The second kappa shape index (κ2) is 4.30. The minimum absolute atomic E-state index is 0.154. The molecular formula is C13H13NO2S. The Morgan fingerprint density at radius 1 is 1.29 bits per heavy atom. The highest BCUT2D eigenvalue weighted by Gasteiger charge is 2.18. The van der Waals surface area contributed by atoms with Crippen molar-refractivity contribution < 1.29 is 9.90 Å². The smallest absolute Gasteiger partial charge is 0.356 e. The van der Waals surface area contributed by atoms with E-state index in [2.05, 4.69) is 4.98 Å². The number of thiazole rings is 1. The van der Waals surface area contributed by atoms with Crippen molar-refractivity contribution in [1.29, 1.82) is 0 Å². The van der Waals surface area contributed by atoms with E-state index in [1.165, 1.54) is 11.3 Å². The molecule has 0 atom stereocenters. The molecule has 0 unspecified atom stereocenters. The van der Waals surface area contributed by atoms with Crippen LogP contribution in [-0.2, 0) is 0 Å². The van der Waals surface area contributed by atoms with Crippen LogP contribution in [0.1, 0.15) is 26.6 Å². The lowest BCUT2D eigenvalue weighted by Gasteiger charge is -2.06. The molecule has 1 N–H and O–H groups in total. The summed E-state index contributed by atoms with van der Waals surface area (Å²) in [5.74, 6) is -0.967. The van der Waals surface area contributed by atoms with Crippen molar-refractivity contribution in [2.45, 2.75) is 20.8 Å². The Morgan fingerprint density at radius 2 is 2.00 bits per heavy atom. The molecule has 0 aliphatic rings. The monoisotopic (exact) mass is 247 g/mol. The number of aromatic nitrogens is 1. The summed E-state index contributed by atoms with van der Waals surface area (Å²) >= 11 is 1.43. The predicted molar refractivity (Wildman–Crippen MR) is 68.7 cm³/mol. The molecule has 1 aromatic heterocycles. The van der Waals surface area contributed by atoms with Crippen molar-refractivity contribution in [2.75, 3.05) is 0 Å². The highest BCUT2D eigenvalue weighted by molar-refractivity contribution is 7.15. The Bertz CT molecular complexity index is 587. The maximum atomic E-state index is 11.1. The van der Waals surface area contributed by atoms with Crippen LogP contribution in [0.3, 0.4) is 0 Å². The molecule has 3 nitrogen and oxygen atoms in total.